The second-order valence-electron chi connectivity index (χ2n) is 7.13. The van der Waals surface area contributed by atoms with Crippen molar-refractivity contribution in [2.75, 3.05) is 11.5 Å². The van der Waals surface area contributed by atoms with E-state index in [9.17, 15) is 18.0 Å². The van der Waals surface area contributed by atoms with Gasteiger partial charge in [0.1, 0.15) is 4.88 Å². The molecule has 1 fully saturated rings. The van der Waals surface area contributed by atoms with Gasteiger partial charge in [-0.2, -0.15) is 0 Å². The molecule has 1 saturated heterocycles. The summed E-state index contributed by atoms with van der Waals surface area (Å²) >= 11 is 1.47. The minimum Gasteiger partial charge on any atom is -0.448 e. The number of hydrogen-bond acceptors (Lipinski definition) is 6. The van der Waals surface area contributed by atoms with Crippen LogP contribution in [0.15, 0.2) is 6.07 Å². The Balaban J connectivity index is 1.57. The van der Waals surface area contributed by atoms with Crippen LogP contribution < -0.4 is 5.32 Å². The van der Waals surface area contributed by atoms with Gasteiger partial charge >= 0.3 is 5.97 Å². The van der Waals surface area contributed by atoms with Crippen LogP contribution in [0.5, 0.6) is 0 Å². The lowest BCUT2D eigenvalue weighted by Crippen LogP contribution is -2.42. The quantitative estimate of drug-likeness (QED) is 0.785. The number of thiophene rings is 1. The Kier molecular flexibility index (Phi) is 6.02. The molecule has 2 atom stereocenters. The lowest BCUT2D eigenvalue weighted by atomic mass is 10.00. The van der Waals surface area contributed by atoms with E-state index in [1.54, 1.807) is 0 Å². The topological polar surface area (TPSA) is 89.5 Å². The first-order valence-corrected chi connectivity index (χ1v) is 11.8. The summed E-state index contributed by atoms with van der Waals surface area (Å²) in [6.07, 6.45) is 6.19. The molecule has 1 aliphatic carbocycles. The van der Waals surface area contributed by atoms with Crippen molar-refractivity contribution in [3.8, 4) is 0 Å². The maximum Gasteiger partial charge on any atom is 0.349 e. The molecule has 1 amide bonds. The molecule has 26 heavy (non-hydrogen) atoms. The molecular formula is C18H25NO5S2. The van der Waals surface area contributed by atoms with Crippen molar-refractivity contribution in [1.29, 1.82) is 0 Å². The zero-order valence-corrected chi connectivity index (χ0v) is 16.6. The first-order chi connectivity index (χ1) is 12.3. The molecule has 8 heteroatoms. The summed E-state index contributed by atoms with van der Waals surface area (Å²) < 4.78 is 28.2. The average molecular weight is 400 g/mol. The SMILES string of the molecule is C[C@@H](OC(=O)c1cc2c(s1)CCCCCC2)C(=O)N[C@@H]1CCS(=O)(=O)C1. The van der Waals surface area contributed by atoms with Gasteiger partial charge in [0.05, 0.1) is 11.5 Å². The van der Waals surface area contributed by atoms with E-state index in [1.165, 1.54) is 41.5 Å². The molecule has 1 aliphatic heterocycles. The normalized spacial score (nSPS) is 23.3. The van der Waals surface area contributed by atoms with Crippen molar-refractivity contribution < 1.29 is 22.7 Å². The highest BCUT2D eigenvalue weighted by atomic mass is 32.2. The van der Waals surface area contributed by atoms with Crippen molar-refractivity contribution >= 4 is 33.1 Å². The molecule has 0 aromatic carbocycles. The molecule has 3 rings (SSSR count). The first-order valence-electron chi connectivity index (χ1n) is 9.17. The van der Waals surface area contributed by atoms with E-state index in [0.29, 0.717) is 11.3 Å². The number of nitrogens with one attached hydrogen (secondary N) is 1. The van der Waals surface area contributed by atoms with E-state index in [2.05, 4.69) is 5.32 Å². The van der Waals surface area contributed by atoms with Crippen LogP contribution in [0.1, 0.15) is 59.1 Å². The summed E-state index contributed by atoms with van der Waals surface area (Å²) in [6.45, 7) is 1.51. The van der Waals surface area contributed by atoms with Gasteiger partial charge in [0.2, 0.25) is 0 Å². The number of ether oxygens (including phenoxy) is 1. The highest BCUT2D eigenvalue weighted by Crippen LogP contribution is 2.29. The summed E-state index contributed by atoms with van der Waals surface area (Å²) in [7, 11) is -3.06. The van der Waals surface area contributed by atoms with Crippen molar-refractivity contribution in [3.63, 3.8) is 0 Å². The number of rotatable bonds is 4. The molecular weight excluding hydrogens is 374 g/mol. The van der Waals surface area contributed by atoms with Gasteiger partial charge < -0.3 is 10.1 Å². The van der Waals surface area contributed by atoms with E-state index >= 15 is 0 Å². The summed E-state index contributed by atoms with van der Waals surface area (Å²) in [5.74, 6) is -0.886. The third-order valence-corrected chi connectivity index (χ3v) is 7.91. The summed E-state index contributed by atoms with van der Waals surface area (Å²) in [5, 5.41) is 2.66. The van der Waals surface area contributed by atoms with Gasteiger partial charge in [0.25, 0.3) is 5.91 Å². The zero-order valence-electron chi connectivity index (χ0n) is 15.0. The van der Waals surface area contributed by atoms with Gasteiger partial charge in [-0.3, -0.25) is 4.79 Å². The molecule has 6 nitrogen and oxygen atoms in total. The number of hydrogen-bond donors (Lipinski definition) is 1. The van der Waals surface area contributed by atoms with Crippen LogP contribution in [-0.4, -0.2) is 43.9 Å². The Hall–Kier alpha value is -1.41. The molecule has 0 unspecified atom stereocenters. The Morgan fingerprint density at radius 1 is 1.23 bits per heavy atom. The number of amides is 1. The zero-order chi connectivity index (χ0) is 18.7. The number of carbonyl (C=O) groups is 2. The summed E-state index contributed by atoms with van der Waals surface area (Å²) in [6, 6.07) is 1.51. The van der Waals surface area contributed by atoms with Crippen LogP contribution in [0.25, 0.3) is 0 Å². The minimum absolute atomic E-state index is 0.0446. The van der Waals surface area contributed by atoms with Gasteiger partial charge in [-0.1, -0.05) is 12.8 Å². The lowest BCUT2D eigenvalue weighted by Gasteiger charge is -2.16. The molecule has 144 valence electrons. The van der Waals surface area contributed by atoms with Crippen molar-refractivity contribution in [3.05, 3.63) is 21.4 Å². The van der Waals surface area contributed by atoms with E-state index in [1.807, 2.05) is 6.07 Å². The van der Waals surface area contributed by atoms with Crippen molar-refractivity contribution in [2.45, 2.75) is 64.0 Å². The molecule has 2 heterocycles. The van der Waals surface area contributed by atoms with Gasteiger partial charge in [0, 0.05) is 10.9 Å². The van der Waals surface area contributed by atoms with Crippen LogP contribution >= 0.6 is 11.3 Å². The van der Waals surface area contributed by atoms with Gasteiger partial charge in [-0.15, -0.1) is 11.3 Å². The molecule has 1 aromatic heterocycles. The second-order valence-corrected chi connectivity index (χ2v) is 10.5. The fourth-order valence-corrected chi connectivity index (χ4v) is 6.25. The summed E-state index contributed by atoms with van der Waals surface area (Å²) in [5.41, 5.74) is 1.23. The predicted octanol–water partition coefficient (Wildman–Crippen LogP) is 2.26. The highest BCUT2D eigenvalue weighted by Gasteiger charge is 2.31. The van der Waals surface area contributed by atoms with E-state index in [4.69, 9.17) is 4.74 Å². The van der Waals surface area contributed by atoms with Crippen LogP contribution in [-0.2, 0) is 32.2 Å². The Bertz CT molecular complexity index is 758. The van der Waals surface area contributed by atoms with Gasteiger partial charge in [0.15, 0.2) is 15.9 Å². The van der Waals surface area contributed by atoms with E-state index < -0.39 is 33.9 Å². The standard InChI is InChI=1S/C18H25NO5S2/c1-12(17(20)19-14-8-9-26(22,23)11-14)24-18(21)16-10-13-6-4-2-3-5-7-15(13)25-16/h10,12,14H,2-9,11H2,1H3,(H,19,20)/t12-,14-/m1/s1. The Morgan fingerprint density at radius 3 is 2.65 bits per heavy atom. The third-order valence-electron chi connectivity index (χ3n) is 4.93. The molecule has 0 saturated carbocycles. The predicted molar refractivity (Wildman–Crippen MR) is 100 cm³/mol. The number of carbonyl (C=O) groups excluding carboxylic acids is 2. The smallest absolute Gasteiger partial charge is 0.349 e. The fraction of sp³-hybridized carbons (Fsp3) is 0.667. The molecule has 1 aromatic rings. The van der Waals surface area contributed by atoms with Crippen molar-refractivity contribution in [2.24, 2.45) is 0 Å². The monoisotopic (exact) mass is 399 g/mol. The van der Waals surface area contributed by atoms with E-state index in [0.717, 1.165) is 25.7 Å². The minimum atomic E-state index is -3.06. The lowest BCUT2D eigenvalue weighted by molar-refractivity contribution is -0.129. The average Bonchev–Trinajstić information content (AvgIpc) is 3.10. The van der Waals surface area contributed by atoms with Crippen molar-refractivity contribution in [1.82, 2.24) is 5.32 Å². The number of sulfone groups is 1. The first kappa shape index (κ1) is 19.4. The van der Waals surface area contributed by atoms with Crippen LogP contribution in [0.3, 0.4) is 0 Å². The van der Waals surface area contributed by atoms with Crippen LogP contribution in [0.4, 0.5) is 0 Å². The number of fused-ring (bicyclic) bond motifs is 1. The Morgan fingerprint density at radius 2 is 1.96 bits per heavy atom. The largest absolute Gasteiger partial charge is 0.448 e. The number of esters is 1. The molecule has 0 radical (unpaired) electrons. The summed E-state index contributed by atoms with van der Waals surface area (Å²) in [4.78, 5) is 26.4. The molecule has 0 bridgehead atoms. The van der Waals surface area contributed by atoms with Crippen LogP contribution in [0, 0.1) is 0 Å². The maximum atomic E-state index is 12.4. The van der Waals surface area contributed by atoms with Gasteiger partial charge in [-0.25, -0.2) is 13.2 Å². The third kappa shape index (κ3) is 4.85. The maximum absolute atomic E-state index is 12.4. The molecule has 0 spiro atoms. The van der Waals surface area contributed by atoms with Gasteiger partial charge in [-0.05, 0) is 50.7 Å². The second kappa shape index (κ2) is 8.08. The number of aryl methyl sites for hydroxylation is 2. The highest BCUT2D eigenvalue weighted by molar-refractivity contribution is 7.91. The fourth-order valence-electron chi connectivity index (χ4n) is 3.44. The van der Waals surface area contributed by atoms with Crippen LogP contribution in [0.2, 0.25) is 0 Å². The van der Waals surface area contributed by atoms with E-state index in [-0.39, 0.29) is 11.5 Å². The Labute approximate surface area is 158 Å². The molecule has 2 aliphatic rings. The molecule has 1 N–H and O–H groups in total.